The van der Waals surface area contributed by atoms with Crippen LogP contribution in [0.25, 0.3) is 0 Å². The van der Waals surface area contributed by atoms with E-state index in [4.69, 9.17) is 0 Å². The van der Waals surface area contributed by atoms with E-state index < -0.39 is 12.0 Å². The third-order valence-corrected chi connectivity index (χ3v) is 4.82. The highest BCUT2D eigenvalue weighted by Gasteiger charge is 2.23. The van der Waals surface area contributed by atoms with Crippen LogP contribution < -0.4 is 5.32 Å². The maximum Gasteiger partial charge on any atom is 0.326 e. The second-order valence-corrected chi connectivity index (χ2v) is 6.86. The number of aliphatic carboxylic acids is 1. The molecule has 0 saturated heterocycles. The number of rotatable bonds is 8. The highest BCUT2D eigenvalue weighted by molar-refractivity contribution is 7.99. The largest absolute Gasteiger partial charge is 0.480 e. The molecule has 0 aliphatic rings. The Bertz CT molecular complexity index is 661. The monoisotopic (exact) mass is 343 g/mol. The van der Waals surface area contributed by atoms with Crippen LogP contribution in [0, 0.1) is 0 Å². The number of thioether (sulfide) groups is 1. The van der Waals surface area contributed by atoms with Crippen molar-refractivity contribution in [2.45, 2.75) is 30.4 Å². The number of hydrogen-bond donors (Lipinski definition) is 2. The molecule has 0 spiro atoms. The van der Waals surface area contributed by atoms with Crippen molar-refractivity contribution in [2.24, 2.45) is 0 Å². The van der Waals surface area contributed by atoms with Gasteiger partial charge in [-0.15, -0.1) is 11.8 Å². The molecule has 2 N–H and O–H groups in total. The van der Waals surface area contributed by atoms with Crippen molar-refractivity contribution >= 4 is 23.6 Å². The zero-order chi connectivity index (χ0) is 17.4. The van der Waals surface area contributed by atoms with E-state index in [0.29, 0.717) is 5.75 Å². The molecule has 0 radical (unpaired) electrons. The molecule has 0 aliphatic heterocycles. The molecule has 5 heteroatoms. The summed E-state index contributed by atoms with van der Waals surface area (Å²) in [6.07, 6.45) is 0.276. The first-order chi connectivity index (χ1) is 11.6. The van der Waals surface area contributed by atoms with E-state index in [-0.39, 0.29) is 17.6 Å². The fourth-order valence-corrected chi connectivity index (χ4v) is 3.06. The second kappa shape index (κ2) is 9.13. The molecule has 0 aromatic heterocycles. The van der Waals surface area contributed by atoms with Gasteiger partial charge in [-0.05, 0) is 18.1 Å². The summed E-state index contributed by atoms with van der Waals surface area (Å²) in [5, 5.41) is 11.7. The SMILES string of the molecule is CC(SCc1ccccc1)C(=O)N[C@@H](Cc1ccccc1)C(=O)O. The van der Waals surface area contributed by atoms with Crippen LogP contribution in [-0.4, -0.2) is 28.3 Å². The van der Waals surface area contributed by atoms with E-state index in [1.165, 1.54) is 11.8 Å². The van der Waals surface area contributed by atoms with Gasteiger partial charge in [-0.3, -0.25) is 4.79 Å². The summed E-state index contributed by atoms with van der Waals surface area (Å²) >= 11 is 1.49. The zero-order valence-electron chi connectivity index (χ0n) is 13.5. The Kier molecular flexibility index (Phi) is 6.88. The van der Waals surface area contributed by atoms with Gasteiger partial charge in [-0.25, -0.2) is 4.79 Å². The van der Waals surface area contributed by atoms with Crippen LogP contribution in [0.15, 0.2) is 60.7 Å². The quantitative estimate of drug-likeness (QED) is 0.773. The second-order valence-electron chi connectivity index (χ2n) is 5.53. The van der Waals surface area contributed by atoms with E-state index in [9.17, 15) is 14.7 Å². The van der Waals surface area contributed by atoms with Gasteiger partial charge in [-0.2, -0.15) is 0 Å². The summed E-state index contributed by atoms with van der Waals surface area (Å²) < 4.78 is 0. The molecule has 2 aromatic rings. The van der Waals surface area contributed by atoms with Crippen LogP contribution >= 0.6 is 11.8 Å². The molecule has 1 amide bonds. The molecule has 0 bridgehead atoms. The average Bonchev–Trinajstić information content (AvgIpc) is 2.60. The Balaban J connectivity index is 1.88. The molecule has 126 valence electrons. The number of carbonyl (C=O) groups excluding carboxylic acids is 1. The highest BCUT2D eigenvalue weighted by atomic mass is 32.2. The van der Waals surface area contributed by atoms with Crippen molar-refractivity contribution in [2.75, 3.05) is 0 Å². The minimum atomic E-state index is -1.02. The van der Waals surface area contributed by atoms with Gasteiger partial charge in [0.25, 0.3) is 0 Å². The van der Waals surface area contributed by atoms with Gasteiger partial charge in [-0.1, -0.05) is 60.7 Å². The minimum absolute atomic E-state index is 0.251. The molecule has 0 aliphatic carbocycles. The first-order valence-electron chi connectivity index (χ1n) is 7.79. The number of carboxylic acid groups (broad SMARTS) is 1. The Hall–Kier alpha value is -2.27. The molecule has 0 heterocycles. The van der Waals surface area contributed by atoms with E-state index >= 15 is 0 Å². The predicted molar refractivity (Wildman–Crippen MR) is 96.9 cm³/mol. The summed E-state index contributed by atoms with van der Waals surface area (Å²) in [7, 11) is 0. The van der Waals surface area contributed by atoms with Crippen molar-refractivity contribution in [1.82, 2.24) is 5.32 Å². The molecule has 0 saturated carbocycles. The fourth-order valence-electron chi connectivity index (χ4n) is 2.21. The van der Waals surface area contributed by atoms with Crippen molar-refractivity contribution in [1.29, 1.82) is 0 Å². The van der Waals surface area contributed by atoms with Crippen molar-refractivity contribution in [3.8, 4) is 0 Å². The number of amides is 1. The van der Waals surface area contributed by atoms with Gasteiger partial charge in [0.1, 0.15) is 6.04 Å². The highest BCUT2D eigenvalue weighted by Crippen LogP contribution is 2.18. The van der Waals surface area contributed by atoms with Crippen molar-refractivity contribution in [3.05, 3.63) is 71.8 Å². The summed E-state index contributed by atoms with van der Waals surface area (Å²) in [5.41, 5.74) is 2.02. The first kappa shape index (κ1) is 18.1. The maximum atomic E-state index is 12.3. The Morgan fingerprint density at radius 1 is 1.00 bits per heavy atom. The van der Waals surface area contributed by atoms with Crippen molar-refractivity contribution < 1.29 is 14.7 Å². The van der Waals surface area contributed by atoms with Crippen molar-refractivity contribution in [3.63, 3.8) is 0 Å². The molecule has 24 heavy (non-hydrogen) atoms. The van der Waals surface area contributed by atoms with Crippen LogP contribution in [0.4, 0.5) is 0 Å². The molecule has 4 nitrogen and oxygen atoms in total. The number of nitrogens with one attached hydrogen (secondary N) is 1. The smallest absolute Gasteiger partial charge is 0.326 e. The van der Waals surface area contributed by atoms with Crippen LogP contribution in [0.2, 0.25) is 0 Å². The summed E-state index contributed by atoms with van der Waals surface area (Å²) in [6.45, 7) is 1.80. The Morgan fingerprint density at radius 3 is 2.08 bits per heavy atom. The standard InChI is InChI=1S/C19H21NO3S/c1-14(24-13-16-10-6-3-7-11-16)18(21)20-17(19(22)23)12-15-8-4-2-5-9-15/h2-11,14,17H,12-13H2,1H3,(H,20,21)(H,22,23)/t14?,17-/m0/s1. The maximum absolute atomic E-state index is 12.3. The molecular weight excluding hydrogens is 322 g/mol. The van der Waals surface area contributed by atoms with Crippen LogP contribution in [0.1, 0.15) is 18.1 Å². The summed E-state index contributed by atoms with van der Waals surface area (Å²) in [6, 6.07) is 18.3. The van der Waals surface area contributed by atoms with Gasteiger partial charge >= 0.3 is 5.97 Å². The lowest BCUT2D eigenvalue weighted by molar-refractivity contribution is -0.141. The number of benzene rings is 2. The molecule has 0 fully saturated rings. The molecule has 2 aromatic carbocycles. The third kappa shape index (κ3) is 5.74. The Labute approximate surface area is 146 Å². The average molecular weight is 343 g/mol. The fraction of sp³-hybridized carbons (Fsp3) is 0.263. The summed E-state index contributed by atoms with van der Waals surface area (Å²) in [4.78, 5) is 23.7. The van der Waals surface area contributed by atoms with Gasteiger partial charge in [0, 0.05) is 12.2 Å². The van der Waals surface area contributed by atoms with E-state index in [0.717, 1.165) is 11.1 Å². The van der Waals surface area contributed by atoms with Crippen LogP contribution in [-0.2, 0) is 21.8 Å². The van der Waals surface area contributed by atoms with E-state index in [2.05, 4.69) is 5.32 Å². The first-order valence-corrected chi connectivity index (χ1v) is 8.84. The normalized spacial score (nSPS) is 13.0. The number of carbonyl (C=O) groups is 2. The van der Waals surface area contributed by atoms with Crippen LogP contribution in [0.3, 0.4) is 0 Å². The van der Waals surface area contributed by atoms with E-state index in [1.54, 1.807) is 6.92 Å². The van der Waals surface area contributed by atoms with Crippen LogP contribution in [0.5, 0.6) is 0 Å². The third-order valence-electron chi connectivity index (χ3n) is 3.61. The molecule has 2 rings (SSSR count). The topological polar surface area (TPSA) is 66.4 Å². The predicted octanol–water partition coefficient (Wildman–Crippen LogP) is 3.12. The number of carboxylic acids is 1. The Morgan fingerprint density at radius 2 is 1.54 bits per heavy atom. The zero-order valence-corrected chi connectivity index (χ0v) is 14.3. The van der Waals surface area contributed by atoms with Gasteiger partial charge < -0.3 is 10.4 Å². The summed E-state index contributed by atoms with van der Waals surface area (Å²) in [5.74, 6) is -0.557. The lowest BCUT2D eigenvalue weighted by Crippen LogP contribution is -2.45. The molecule has 1 unspecified atom stereocenters. The van der Waals surface area contributed by atoms with Gasteiger partial charge in [0.15, 0.2) is 0 Å². The number of hydrogen-bond acceptors (Lipinski definition) is 3. The minimum Gasteiger partial charge on any atom is -0.480 e. The lowest BCUT2D eigenvalue weighted by Gasteiger charge is -2.18. The molecule has 2 atom stereocenters. The van der Waals surface area contributed by atoms with Gasteiger partial charge in [0.2, 0.25) is 5.91 Å². The lowest BCUT2D eigenvalue weighted by atomic mass is 10.1. The van der Waals surface area contributed by atoms with Gasteiger partial charge in [0.05, 0.1) is 5.25 Å². The molecular formula is C19H21NO3S. The van der Waals surface area contributed by atoms with E-state index in [1.807, 2.05) is 60.7 Å².